The summed E-state index contributed by atoms with van der Waals surface area (Å²) in [6, 6.07) is 13.3. The average Bonchev–Trinajstić information content (AvgIpc) is 2.67. The molecule has 7 heteroatoms. The van der Waals surface area contributed by atoms with Crippen molar-refractivity contribution in [2.45, 2.75) is 13.0 Å². The smallest absolute Gasteiger partial charge is 0.253 e. The molecule has 0 unspecified atom stereocenters. The van der Waals surface area contributed by atoms with Crippen molar-refractivity contribution in [2.24, 2.45) is 11.5 Å². The van der Waals surface area contributed by atoms with Gasteiger partial charge in [-0.2, -0.15) is 0 Å². The summed E-state index contributed by atoms with van der Waals surface area (Å²) in [5.41, 5.74) is 12.7. The van der Waals surface area contributed by atoms with Crippen molar-refractivity contribution in [3.8, 4) is 0 Å². The quantitative estimate of drug-likeness (QED) is 0.751. The van der Waals surface area contributed by atoms with E-state index in [9.17, 15) is 9.18 Å². The standard InChI is InChI=1S/C20H22ClFN4O/c1-13-12-25(20(27)14-5-3-2-4-6-14)9-10-26(13)19(24)17-11-15(22)7-8-16(17)18(21)23/h2-8,11,13H,9-10,12,23-24H2,1H3/b18-16-,19-17+/t13-/m1/s1. The van der Waals surface area contributed by atoms with Crippen molar-refractivity contribution < 1.29 is 9.18 Å². The van der Waals surface area contributed by atoms with Crippen molar-refractivity contribution in [1.29, 1.82) is 0 Å². The zero-order valence-corrected chi connectivity index (χ0v) is 15.8. The van der Waals surface area contributed by atoms with Gasteiger partial charge in [0.2, 0.25) is 0 Å². The first-order valence-electron chi connectivity index (χ1n) is 8.70. The number of halogens is 2. The summed E-state index contributed by atoms with van der Waals surface area (Å²) in [5.74, 6) is -0.0296. The Labute approximate surface area is 162 Å². The molecule has 1 aliphatic rings. The fourth-order valence-electron chi connectivity index (χ4n) is 3.35. The van der Waals surface area contributed by atoms with Crippen LogP contribution in [0.25, 0.3) is 11.0 Å². The van der Waals surface area contributed by atoms with Crippen LogP contribution in [0, 0.1) is 5.82 Å². The molecule has 1 aliphatic heterocycles. The molecule has 142 valence electrons. The number of piperazine rings is 1. The molecular weight excluding hydrogens is 367 g/mol. The van der Waals surface area contributed by atoms with Gasteiger partial charge in [0.15, 0.2) is 0 Å². The first kappa shape index (κ1) is 19.0. The molecule has 0 saturated carbocycles. The minimum absolute atomic E-state index is 0.00884. The lowest BCUT2D eigenvalue weighted by Crippen LogP contribution is -2.55. The van der Waals surface area contributed by atoms with Crippen molar-refractivity contribution in [2.75, 3.05) is 19.6 Å². The molecular formula is C20H22ClFN4O. The first-order valence-corrected chi connectivity index (χ1v) is 9.08. The summed E-state index contributed by atoms with van der Waals surface area (Å²) in [6.45, 7) is 3.54. The fraction of sp³-hybridized carbons (Fsp3) is 0.250. The number of benzene rings is 2. The molecule has 0 bridgehead atoms. The number of hydrogen-bond donors (Lipinski definition) is 2. The highest BCUT2D eigenvalue weighted by atomic mass is 35.5. The highest BCUT2D eigenvalue weighted by Crippen LogP contribution is 2.15. The van der Waals surface area contributed by atoms with Gasteiger partial charge in [0.05, 0.1) is 0 Å². The highest BCUT2D eigenvalue weighted by molar-refractivity contribution is 6.44. The molecule has 2 aromatic rings. The number of carbonyl (C=O) groups excluding carboxylic acids is 1. The zero-order valence-electron chi connectivity index (χ0n) is 15.0. The van der Waals surface area contributed by atoms with Crippen LogP contribution in [0.3, 0.4) is 0 Å². The third kappa shape index (κ3) is 4.01. The number of hydrogen-bond acceptors (Lipinski definition) is 4. The molecule has 0 radical (unpaired) electrons. The molecule has 1 heterocycles. The lowest BCUT2D eigenvalue weighted by atomic mass is 10.1. The SMILES string of the molecule is C[C@@H]1CN(C(=O)c2ccccc2)CCN1/C(N)=c1\cc(F)cc\c1=C(\N)Cl. The summed E-state index contributed by atoms with van der Waals surface area (Å²) in [7, 11) is 0. The van der Waals surface area contributed by atoms with Crippen LogP contribution in [0.2, 0.25) is 0 Å². The molecule has 27 heavy (non-hydrogen) atoms. The van der Waals surface area contributed by atoms with E-state index in [2.05, 4.69) is 0 Å². The summed E-state index contributed by atoms with van der Waals surface area (Å²) in [6.07, 6.45) is 0. The van der Waals surface area contributed by atoms with E-state index in [-0.39, 0.29) is 17.1 Å². The van der Waals surface area contributed by atoms with Gasteiger partial charge >= 0.3 is 0 Å². The van der Waals surface area contributed by atoms with Crippen LogP contribution in [0.4, 0.5) is 4.39 Å². The number of rotatable bonds is 2. The van der Waals surface area contributed by atoms with E-state index in [1.165, 1.54) is 18.2 Å². The van der Waals surface area contributed by atoms with Crippen LogP contribution in [0.5, 0.6) is 0 Å². The van der Waals surface area contributed by atoms with Crippen LogP contribution in [0.15, 0.2) is 48.5 Å². The van der Waals surface area contributed by atoms with Crippen LogP contribution in [0.1, 0.15) is 17.3 Å². The van der Waals surface area contributed by atoms with E-state index in [4.69, 9.17) is 23.1 Å². The third-order valence-corrected chi connectivity index (χ3v) is 4.96. The van der Waals surface area contributed by atoms with Crippen LogP contribution >= 0.6 is 11.6 Å². The Bertz CT molecular complexity index is 960. The van der Waals surface area contributed by atoms with Gasteiger partial charge in [0.1, 0.15) is 16.8 Å². The summed E-state index contributed by atoms with van der Waals surface area (Å²) in [5, 5.41) is 1.00. The lowest BCUT2D eigenvalue weighted by Gasteiger charge is -2.41. The second-order valence-electron chi connectivity index (χ2n) is 6.58. The van der Waals surface area contributed by atoms with Crippen molar-refractivity contribution in [3.63, 3.8) is 0 Å². The molecule has 1 amide bonds. The van der Waals surface area contributed by atoms with Crippen molar-refractivity contribution in [1.82, 2.24) is 9.80 Å². The maximum Gasteiger partial charge on any atom is 0.253 e. The number of carbonyl (C=O) groups is 1. The molecule has 1 atom stereocenters. The average molecular weight is 389 g/mol. The normalized spacial score (nSPS) is 19.6. The summed E-state index contributed by atoms with van der Waals surface area (Å²) >= 11 is 5.94. The number of nitrogens with two attached hydrogens (primary N) is 2. The Hall–Kier alpha value is -2.73. The maximum absolute atomic E-state index is 13.8. The van der Waals surface area contributed by atoms with Gasteiger partial charge in [-0.05, 0) is 37.3 Å². The van der Waals surface area contributed by atoms with E-state index in [1.807, 2.05) is 30.0 Å². The van der Waals surface area contributed by atoms with Gasteiger partial charge in [0, 0.05) is 41.7 Å². The molecule has 1 saturated heterocycles. The molecule has 4 N–H and O–H groups in total. The van der Waals surface area contributed by atoms with Gasteiger partial charge < -0.3 is 21.3 Å². The molecule has 1 fully saturated rings. The topological polar surface area (TPSA) is 75.6 Å². The van der Waals surface area contributed by atoms with Gasteiger partial charge in [-0.15, -0.1) is 0 Å². The molecule has 0 aliphatic carbocycles. The van der Waals surface area contributed by atoms with Gasteiger partial charge in [-0.1, -0.05) is 29.8 Å². The zero-order chi connectivity index (χ0) is 19.6. The Kier molecular flexibility index (Phi) is 5.56. The van der Waals surface area contributed by atoms with Crippen LogP contribution in [-0.2, 0) is 0 Å². The van der Waals surface area contributed by atoms with Crippen molar-refractivity contribution >= 4 is 28.5 Å². The van der Waals surface area contributed by atoms with Gasteiger partial charge in [-0.3, -0.25) is 4.79 Å². The van der Waals surface area contributed by atoms with Gasteiger partial charge in [0.25, 0.3) is 5.91 Å². The minimum atomic E-state index is -0.417. The lowest BCUT2D eigenvalue weighted by molar-refractivity contribution is 0.0614. The number of amides is 1. The predicted molar refractivity (Wildman–Crippen MR) is 105 cm³/mol. The molecule has 5 nitrogen and oxygen atoms in total. The Balaban J connectivity index is 1.89. The highest BCUT2D eigenvalue weighted by Gasteiger charge is 2.28. The van der Waals surface area contributed by atoms with Crippen LogP contribution in [-0.4, -0.2) is 41.4 Å². The molecule has 0 aromatic heterocycles. The Morgan fingerprint density at radius 2 is 1.81 bits per heavy atom. The third-order valence-electron chi connectivity index (χ3n) is 4.76. The first-order chi connectivity index (χ1) is 12.9. The Morgan fingerprint density at radius 3 is 2.44 bits per heavy atom. The van der Waals surface area contributed by atoms with E-state index in [0.29, 0.717) is 41.5 Å². The largest absolute Gasteiger partial charge is 0.389 e. The predicted octanol–water partition coefficient (Wildman–Crippen LogP) is 0.960. The maximum atomic E-state index is 13.8. The fourth-order valence-corrected chi connectivity index (χ4v) is 3.52. The molecule has 3 rings (SSSR count). The second kappa shape index (κ2) is 7.88. The minimum Gasteiger partial charge on any atom is -0.389 e. The van der Waals surface area contributed by atoms with E-state index >= 15 is 0 Å². The monoisotopic (exact) mass is 388 g/mol. The summed E-state index contributed by atoms with van der Waals surface area (Å²) < 4.78 is 13.8. The van der Waals surface area contributed by atoms with Crippen molar-refractivity contribution in [3.05, 3.63) is 70.3 Å². The van der Waals surface area contributed by atoms with E-state index < -0.39 is 5.82 Å². The second-order valence-corrected chi connectivity index (χ2v) is 6.99. The van der Waals surface area contributed by atoms with E-state index in [0.717, 1.165) is 0 Å². The Morgan fingerprint density at radius 1 is 1.11 bits per heavy atom. The van der Waals surface area contributed by atoms with E-state index in [1.54, 1.807) is 17.0 Å². The number of nitrogens with zero attached hydrogens (tertiary/aromatic N) is 2. The van der Waals surface area contributed by atoms with Gasteiger partial charge in [-0.25, -0.2) is 4.39 Å². The summed E-state index contributed by atoms with van der Waals surface area (Å²) in [4.78, 5) is 16.4. The molecule has 2 aromatic carbocycles. The molecule has 0 spiro atoms. The van der Waals surface area contributed by atoms with Crippen LogP contribution < -0.4 is 21.9 Å².